The molecule has 0 aliphatic rings. The number of aliphatic hydroxyl groups is 1. The Morgan fingerprint density at radius 2 is 1.88 bits per heavy atom. The molecule has 0 aliphatic heterocycles. The second kappa shape index (κ2) is 5.51. The molecule has 1 aromatic rings. The van der Waals surface area contributed by atoms with Crippen LogP contribution in [0.3, 0.4) is 0 Å². The fraction of sp³-hybridized carbons (Fsp3) is 0.500. The van der Waals surface area contributed by atoms with Gasteiger partial charge in [-0.3, -0.25) is 0 Å². The third kappa shape index (κ3) is 3.65. The van der Waals surface area contributed by atoms with Crippen LogP contribution in [-0.4, -0.2) is 17.3 Å². The molecule has 0 aromatic heterocycles. The highest BCUT2D eigenvalue weighted by atomic mass is 35.5. The molecule has 2 atom stereocenters. The summed E-state index contributed by atoms with van der Waals surface area (Å²) in [4.78, 5) is 0. The van der Waals surface area contributed by atoms with E-state index in [1.165, 1.54) is 18.2 Å². The molecule has 0 saturated carbocycles. The monoisotopic (exact) mass is 246 g/mol. The highest BCUT2D eigenvalue weighted by Crippen LogP contribution is 2.22. The molecule has 0 spiro atoms. The van der Waals surface area contributed by atoms with Crippen molar-refractivity contribution >= 4 is 11.6 Å². The van der Waals surface area contributed by atoms with E-state index in [0.717, 1.165) is 0 Å². The normalized spacial score (nSPS) is 14.9. The average molecular weight is 247 g/mol. The van der Waals surface area contributed by atoms with E-state index in [9.17, 15) is 9.50 Å². The topological polar surface area (TPSA) is 29.5 Å². The van der Waals surface area contributed by atoms with Crippen molar-refractivity contribution in [2.75, 3.05) is 0 Å². The van der Waals surface area contributed by atoms with Crippen LogP contribution in [0, 0.1) is 11.7 Å². The lowest BCUT2D eigenvalue weighted by atomic mass is 10.0. The van der Waals surface area contributed by atoms with E-state index < -0.39 is 18.0 Å². The maximum Gasteiger partial charge on any atom is 0.128 e. The average Bonchev–Trinajstić information content (AvgIpc) is 2.14. The molecule has 4 heteroatoms. The molecular formula is C12H16ClFO2. The lowest BCUT2D eigenvalue weighted by molar-refractivity contribution is 0.0167. The zero-order chi connectivity index (χ0) is 12.3. The zero-order valence-corrected chi connectivity index (χ0v) is 10.3. The second-order valence-electron chi connectivity index (χ2n) is 4.16. The third-order valence-corrected chi connectivity index (χ3v) is 2.54. The van der Waals surface area contributed by atoms with Crippen molar-refractivity contribution in [3.8, 4) is 5.75 Å². The summed E-state index contributed by atoms with van der Waals surface area (Å²) < 4.78 is 18.4. The molecule has 2 nitrogen and oxygen atoms in total. The zero-order valence-electron chi connectivity index (χ0n) is 9.58. The summed E-state index contributed by atoms with van der Waals surface area (Å²) in [6, 6.07) is 3.97. The molecule has 0 bridgehead atoms. The van der Waals surface area contributed by atoms with E-state index in [-0.39, 0.29) is 10.9 Å². The summed E-state index contributed by atoms with van der Waals surface area (Å²) in [5.74, 6) is -0.0371. The maximum absolute atomic E-state index is 13.0. The highest BCUT2D eigenvalue weighted by molar-refractivity contribution is 6.30. The smallest absolute Gasteiger partial charge is 0.128 e. The lowest BCUT2D eigenvalue weighted by Gasteiger charge is -2.23. The number of aliphatic hydroxyl groups excluding tert-OH is 1. The summed E-state index contributed by atoms with van der Waals surface area (Å²) in [7, 11) is 0. The molecule has 0 radical (unpaired) electrons. The predicted molar refractivity (Wildman–Crippen MR) is 62.3 cm³/mol. The summed E-state index contributed by atoms with van der Waals surface area (Å²) in [6.07, 6.45) is -1.00. The number of hydrogen-bond acceptors (Lipinski definition) is 2. The van der Waals surface area contributed by atoms with Gasteiger partial charge in [-0.15, -0.1) is 0 Å². The fourth-order valence-electron chi connectivity index (χ4n) is 1.42. The summed E-state index contributed by atoms with van der Waals surface area (Å²) in [6.45, 7) is 5.52. The first-order valence-corrected chi connectivity index (χ1v) is 5.58. The Balaban J connectivity index is 2.72. The van der Waals surface area contributed by atoms with Crippen LogP contribution in [0.1, 0.15) is 20.8 Å². The van der Waals surface area contributed by atoms with Gasteiger partial charge in [-0.1, -0.05) is 25.4 Å². The molecule has 0 unspecified atom stereocenters. The van der Waals surface area contributed by atoms with Crippen molar-refractivity contribution < 1.29 is 14.2 Å². The van der Waals surface area contributed by atoms with Crippen LogP contribution in [0.25, 0.3) is 0 Å². The molecule has 90 valence electrons. The van der Waals surface area contributed by atoms with E-state index in [1.807, 2.05) is 13.8 Å². The van der Waals surface area contributed by atoms with Crippen LogP contribution >= 0.6 is 11.6 Å². The first-order valence-electron chi connectivity index (χ1n) is 5.21. The van der Waals surface area contributed by atoms with Crippen molar-refractivity contribution in [1.82, 2.24) is 0 Å². The number of rotatable bonds is 4. The number of hydrogen-bond donors (Lipinski definition) is 1. The Kier molecular flexibility index (Phi) is 4.56. The summed E-state index contributed by atoms with van der Waals surface area (Å²) in [5.41, 5.74) is 0. The SMILES string of the molecule is CC(C)[C@@H](O)[C@H](C)Oc1cc(F)cc(Cl)c1. The summed E-state index contributed by atoms with van der Waals surface area (Å²) in [5, 5.41) is 10.0. The molecule has 0 heterocycles. The van der Waals surface area contributed by atoms with Gasteiger partial charge in [0.15, 0.2) is 0 Å². The summed E-state index contributed by atoms with van der Waals surface area (Å²) >= 11 is 5.69. The van der Waals surface area contributed by atoms with Crippen LogP contribution in [0.2, 0.25) is 5.02 Å². The first-order chi connectivity index (χ1) is 7.40. The molecule has 0 amide bonds. The molecule has 1 aromatic carbocycles. The number of ether oxygens (including phenoxy) is 1. The van der Waals surface area contributed by atoms with Gasteiger partial charge in [0.2, 0.25) is 0 Å². The molecule has 1 N–H and O–H groups in total. The van der Waals surface area contributed by atoms with Crippen molar-refractivity contribution in [2.24, 2.45) is 5.92 Å². The van der Waals surface area contributed by atoms with Gasteiger partial charge in [-0.25, -0.2) is 4.39 Å². The van der Waals surface area contributed by atoms with Crippen LogP contribution in [0.5, 0.6) is 5.75 Å². The second-order valence-corrected chi connectivity index (χ2v) is 4.60. The molecule has 16 heavy (non-hydrogen) atoms. The van der Waals surface area contributed by atoms with Gasteiger partial charge in [0.25, 0.3) is 0 Å². The van der Waals surface area contributed by atoms with Crippen molar-refractivity contribution in [2.45, 2.75) is 33.0 Å². The van der Waals surface area contributed by atoms with Crippen molar-refractivity contribution in [3.63, 3.8) is 0 Å². The third-order valence-electron chi connectivity index (χ3n) is 2.32. The predicted octanol–water partition coefficient (Wildman–Crippen LogP) is 3.26. The molecule has 0 saturated heterocycles. The Bertz CT molecular complexity index is 335. The van der Waals surface area contributed by atoms with E-state index in [1.54, 1.807) is 6.92 Å². The fourth-order valence-corrected chi connectivity index (χ4v) is 1.63. The van der Waals surface area contributed by atoms with E-state index in [2.05, 4.69) is 0 Å². The van der Waals surface area contributed by atoms with E-state index >= 15 is 0 Å². The molecular weight excluding hydrogens is 231 g/mol. The van der Waals surface area contributed by atoms with Crippen molar-refractivity contribution in [3.05, 3.63) is 29.0 Å². The largest absolute Gasteiger partial charge is 0.488 e. The Morgan fingerprint density at radius 1 is 1.25 bits per heavy atom. The lowest BCUT2D eigenvalue weighted by Crippen LogP contribution is -2.33. The Hall–Kier alpha value is -0.800. The van der Waals surface area contributed by atoms with Crippen LogP contribution in [-0.2, 0) is 0 Å². The minimum atomic E-state index is -0.595. The van der Waals surface area contributed by atoms with Crippen LogP contribution in [0.15, 0.2) is 18.2 Å². The van der Waals surface area contributed by atoms with Gasteiger partial charge < -0.3 is 9.84 Å². The van der Waals surface area contributed by atoms with Gasteiger partial charge in [-0.2, -0.15) is 0 Å². The highest BCUT2D eigenvalue weighted by Gasteiger charge is 2.19. The van der Waals surface area contributed by atoms with Gasteiger partial charge in [-0.05, 0) is 25.0 Å². The van der Waals surface area contributed by atoms with E-state index in [0.29, 0.717) is 5.75 Å². The first kappa shape index (κ1) is 13.3. The molecule has 0 aliphatic carbocycles. The standard InChI is InChI=1S/C12H16ClFO2/c1-7(2)12(15)8(3)16-11-5-9(13)4-10(14)6-11/h4-8,12,15H,1-3H3/t8-,12+/m0/s1. The van der Waals surface area contributed by atoms with Crippen LogP contribution < -0.4 is 4.74 Å². The minimum absolute atomic E-state index is 0.0824. The maximum atomic E-state index is 13.0. The minimum Gasteiger partial charge on any atom is -0.488 e. The Morgan fingerprint density at radius 3 is 2.38 bits per heavy atom. The van der Waals surface area contributed by atoms with Gasteiger partial charge >= 0.3 is 0 Å². The van der Waals surface area contributed by atoms with E-state index in [4.69, 9.17) is 16.3 Å². The van der Waals surface area contributed by atoms with Crippen LogP contribution in [0.4, 0.5) is 4.39 Å². The molecule has 1 rings (SSSR count). The number of benzene rings is 1. The Labute approximate surface area is 100.0 Å². The van der Waals surface area contributed by atoms with Gasteiger partial charge in [0.1, 0.15) is 17.7 Å². The number of halogens is 2. The van der Waals surface area contributed by atoms with Gasteiger partial charge in [0.05, 0.1) is 6.10 Å². The van der Waals surface area contributed by atoms with Gasteiger partial charge in [0, 0.05) is 11.1 Å². The molecule has 0 fully saturated rings. The quantitative estimate of drug-likeness (QED) is 0.884. The van der Waals surface area contributed by atoms with Crippen molar-refractivity contribution in [1.29, 1.82) is 0 Å².